The van der Waals surface area contributed by atoms with Crippen LogP contribution in [0, 0.1) is 5.92 Å². The molecule has 0 radical (unpaired) electrons. The summed E-state index contributed by atoms with van der Waals surface area (Å²) in [7, 11) is 0. The van der Waals surface area contributed by atoms with Crippen molar-refractivity contribution in [3.8, 4) is 0 Å². The minimum atomic E-state index is -0.804. The molecule has 0 aromatic rings. The van der Waals surface area contributed by atoms with E-state index in [0.717, 1.165) is 0 Å². The molecule has 0 fully saturated rings. The summed E-state index contributed by atoms with van der Waals surface area (Å²) in [6.45, 7) is 3.10. The van der Waals surface area contributed by atoms with E-state index in [4.69, 9.17) is 11.6 Å². The molecule has 16 heavy (non-hydrogen) atoms. The Morgan fingerprint density at radius 3 is 2.19 bits per heavy atom. The smallest absolute Gasteiger partial charge is 0.222 e. The third-order valence-electron chi connectivity index (χ3n) is 2.45. The van der Waals surface area contributed by atoms with Crippen molar-refractivity contribution in [2.45, 2.75) is 39.2 Å². The third-order valence-corrected chi connectivity index (χ3v) is 2.45. The molecule has 0 aliphatic heterocycles. The first-order chi connectivity index (χ1) is 7.43. The van der Waals surface area contributed by atoms with Crippen LogP contribution in [-0.4, -0.2) is 23.5 Å². The number of ketones is 2. The molecular formula is C10H19N3O3. The Morgan fingerprint density at radius 1 is 1.31 bits per heavy atom. The summed E-state index contributed by atoms with van der Waals surface area (Å²) in [4.78, 5) is 33.5. The number of carbonyl (C=O) groups excluding carboxylic acids is 3. The summed E-state index contributed by atoms with van der Waals surface area (Å²) in [5.41, 5.74) is 7.49. The molecule has 2 unspecified atom stereocenters. The van der Waals surface area contributed by atoms with Crippen LogP contribution in [0.4, 0.5) is 0 Å². The van der Waals surface area contributed by atoms with E-state index in [1.807, 2.05) is 0 Å². The maximum absolute atomic E-state index is 11.5. The molecule has 0 heterocycles. The number of amides is 1. The highest BCUT2D eigenvalue weighted by molar-refractivity contribution is 5.90. The summed E-state index contributed by atoms with van der Waals surface area (Å²) in [6.07, 6.45) is 0.715. The summed E-state index contributed by atoms with van der Waals surface area (Å²) in [5.74, 6) is 3.64. The number of hydrogen-bond acceptors (Lipinski definition) is 5. The topological polar surface area (TPSA) is 115 Å². The Kier molecular flexibility index (Phi) is 6.52. The van der Waals surface area contributed by atoms with E-state index in [-0.39, 0.29) is 30.8 Å². The molecular weight excluding hydrogens is 210 g/mol. The Balaban J connectivity index is 4.66. The number of hydrazine groups is 1. The number of primary amides is 1. The highest BCUT2D eigenvalue weighted by Gasteiger charge is 2.30. The van der Waals surface area contributed by atoms with Crippen LogP contribution in [0.15, 0.2) is 0 Å². The fraction of sp³-hybridized carbons (Fsp3) is 0.700. The minimum absolute atomic E-state index is 0.0500. The number of carbonyl (C=O) groups is 3. The van der Waals surface area contributed by atoms with Crippen LogP contribution in [-0.2, 0) is 14.4 Å². The quantitative estimate of drug-likeness (QED) is 0.375. The average molecular weight is 229 g/mol. The van der Waals surface area contributed by atoms with Crippen molar-refractivity contribution in [3.05, 3.63) is 0 Å². The van der Waals surface area contributed by atoms with Gasteiger partial charge in [-0.25, -0.2) is 5.43 Å². The van der Waals surface area contributed by atoms with Gasteiger partial charge in [0.15, 0.2) is 5.78 Å². The highest BCUT2D eigenvalue weighted by atomic mass is 16.2. The van der Waals surface area contributed by atoms with Crippen molar-refractivity contribution in [1.82, 2.24) is 5.43 Å². The van der Waals surface area contributed by atoms with Crippen molar-refractivity contribution in [2.24, 2.45) is 17.5 Å². The molecule has 1 amide bonds. The van der Waals surface area contributed by atoms with E-state index >= 15 is 0 Å². The van der Waals surface area contributed by atoms with Crippen LogP contribution in [0.1, 0.15) is 33.1 Å². The molecule has 6 nitrogen and oxygen atoms in total. The SMILES string of the molecule is CCC(=O)C(NN)C(CCC(C)=O)C(N)=O. The standard InChI is InChI=1S/C10H19N3O3/c1-3-8(15)9(13-12)7(10(11)16)5-4-6(2)14/h7,9,13H,3-5,12H2,1-2H3,(H2,11,16). The van der Waals surface area contributed by atoms with Gasteiger partial charge in [-0.05, 0) is 13.3 Å². The summed E-state index contributed by atoms with van der Waals surface area (Å²) >= 11 is 0. The van der Waals surface area contributed by atoms with Crippen molar-refractivity contribution < 1.29 is 14.4 Å². The van der Waals surface area contributed by atoms with Gasteiger partial charge < -0.3 is 10.5 Å². The van der Waals surface area contributed by atoms with Gasteiger partial charge in [-0.1, -0.05) is 6.92 Å². The Labute approximate surface area is 94.7 Å². The molecule has 0 rings (SSSR count). The van der Waals surface area contributed by atoms with Gasteiger partial charge in [-0.15, -0.1) is 0 Å². The summed E-state index contributed by atoms with van der Waals surface area (Å²) < 4.78 is 0. The zero-order valence-electron chi connectivity index (χ0n) is 9.66. The minimum Gasteiger partial charge on any atom is -0.369 e. The van der Waals surface area contributed by atoms with Gasteiger partial charge in [-0.3, -0.25) is 15.4 Å². The van der Waals surface area contributed by atoms with E-state index in [9.17, 15) is 14.4 Å². The molecule has 2 atom stereocenters. The molecule has 6 heteroatoms. The van der Waals surface area contributed by atoms with Crippen LogP contribution in [0.25, 0.3) is 0 Å². The maximum atomic E-state index is 11.5. The molecule has 0 aliphatic rings. The van der Waals surface area contributed by atoms with E-state index in [1.54, 1.807) is 6.92 Å². The van der Waals surface area contributed by atoms with E-state index in [0.29, 0.717) is 0 Å². The van der Waals surface area contributed by atoms with Crippen LogP contribution < -0.4 is 17.0 Å². The molecule has 92 valence electrons. The lowest BCUT2D eigenvalue weighted by Crippen LogP contribution is -2.50. The fourth-order valence-electron chi connectivity index (χ4n) is 1.49. The first-order valence-electron chi connectivity index (χ1n) is 5.21. The average Bonchev–Trinajstić information content (AvgIpc) is 2.22. The van der Waals surface area contributed by atoms with Gasteiger partial charge in [0.25, 0.3) is 0 Å². The molecule has 0 aliphatic carbocycles. The molecule has 0 bridgehead atoms. The number of nitrogens with two attached hydrogens (primary N) is 2. The van der Waals surface area contributed by atoms with Crippen LogP contribution >= 0.6 is 0 Å². The Bertz CT molecular complexity index is 278. The van der Waals surface area contributed by atoms with Crippen LogP contribution in [0.5, 0.6) is 0 Å². The van der Waals surface area contributed by atoms with Crippen molar-refractivity contribution in [1.29, 1.82) is 0 Å². The van der Waals surface area contributed by atoms with Crippen molar-refractivity contribution in [2.75, 3.05) is 0 Å². The summed E-state index contributed by atoms with van der Waals surface area (Å²) in [5, 5.41) is 0. The van der Waals surface area contributed by atoms with E-state index in [2.05, 4.69) is 5.43 Å². The molecule has 0 aromatic carbocycles. The lowest BCUT2D eigenvalue weighted by molar-refractivity contribution is -0.130. The lowest BCUT2D eigenvalue weighted by Gasteiger charge is -2.22. The number of nitrogens with one attached hydrogen (secondary N) is 1. The number of rotatable bonds is 8. The van der Waals surface area contributed by atoms with Crippen LogP contribution in [0.3, 0.4) is 0 Å². The first kappa shape index (κ1) is 14.7. The monoisotopic (exact) mass is 229 g/mol. The maximum Gasteiger partial charge on any atom is 0.222 e. The zero-order chi connectivity index (χ0) is 12.7. The van der Waals surface area contributed by atoms with Gasteiger partial charge in [0.2, 0.25) is 5.91 Å². The molecule has 0 spiro atoms. The number of hydrogen-bond donors (Lipinski definition) is 3. The Hall–Kier alpha value is -1.27. The van der Waals surface area contributed by atoms with Gasteiger partial charge in [0.1, 0.15) is 5.78 Å². The van der Waals surface area contributed by atoms with Gasteiger partial charge in [0, 0.05) is 12.8 Å². The normalized spacial score (nSPS) is 14.2. The lowest BCUT2D eigenvalue weighted by atomic mass is 9.90. The largest absolute Gasteiger partial charge is 0.369 e. The van der Waals surface area contributed by atoms with Crippen molar-refractivity contribution in [3.63, 3.8) is 0 Å². The molecule has 0 aromatic heterocycles. The molecule has 5 N–H and O–H groups in total. The second-order valence-corrected chi connectivity index (χ2v) is 3.71. The predicted molar refractivity (Wildman–Crippen MR) is 59.0 cm³/mol. The highest BCUT2D eigenvalue weighted by Crippen LogP contribution is 2.13. The van der Waals surface area contributed by atoms with Gasteiger partial charge in [0.05, 0.1) is 12.0 Å². The van der Waals surface area contributed by atoms with Crippen molar-refractivity contribution >= 4 is 17.5 Å². The van der Waals surface area contributed by atoms with E-state index < -0.39 is 17.9 Å². The second kappa shape index (κ2) is 7.08. The predicted octanol–water partition coefficient (Wildman–Crippen LogP) is -0.732. The third kappa shape index (κ3) is 4.50. The summed E-state index contributed by atoms with van der Waals surface area (Å²) in [6, 6.07) is -0.804. The number of Topliss-reactive ketones (excluding diaryl/α,β-unsaturated/α-hetero) is 2. The zero-order valence-corrected chi connectivity index (χ0v) is 9.66. The Morgan fingerprint density at radius 2 is 1.88 bits per heavy atom. The fourth-order valence-corrected chi connectivity index (χ4v) is 1.49. The van der Waals surface area contributed by atoms with Gasteiger partial charge >= 0.3 is 0 Å². The molecule has 0 saturated heterocycles. The molecule has 0 saturated carbocycles. The van der Waals surface area contributed by atoms with E-state index in [1.165, 1.54) is 6.92 Å². The first-order valence-corrected chi connectivity index (χ1v) is 5.21. The van der Waals surface area contributed by atoms with Gasteiger partial charge in [-0.2, -0.15) is 0 Å². The van der Waals surface area contributed by atoms with Crippen LogP contribution in [0.2, 0.25) is 0 Å². The second-order valence-electron chi connectivity index (χ2n) is 3.71.